The maximum atomic E-state index is 12.6. The van der Waals surface area contributed by atoms with Gasteiger partial charge in [0.15, 0.2) is 0 Å². The number of carbonyl (C=O) groups is 2. The smallest absolute Gasteiger partial charge is 0.251 e. The number of nitrogens with zero attached hydrogens (tertiary/aromatic N) is 2. The highest BCUT2D eigenvalue weighted by molar-refractivity contribution is 6.30. The number of halogens is 1. The molecule has 1 saturated heterocycles. The molecule has 0 bridgehead atoms. The van der Waals surface area contributed by atoms with Crippen LogP contribution in [0.2, 0.25) is 5.02 Å². The van der Waals surface area contributed by atoms with Crippen LogP contribution in [-0.2, 0) is 11.3 Å². The second-order valence-electron chi connectivity index (χ2n) is 6.64. The second kappa shape index (κ2) is 6.96. The Morgan fingerprint density at radius 1 is 1.23 bits per heavy atom. The molecule has 0 spiro atoms. The van der Waals surface area contributed by atoms with Gasteiger partial charge in [-0.05, 0) is 42.7 Å². The van der Waals surface area contributed by atoms with Crippen molar-refractivity contribution in [3.63, 3.8) is 0 Å². The summed E-state index contributed by atoms with van der Waals surface area (Å²) in [6.07, 6.45) is 3.17. The highest BCUT2D eigenvalue weighted by Gasteiger charge is 2.26. The van der Waals surface area contributed by atoms with Crippen molar-refractivity contribution < 1.29 is 9.59 Å². The molecule has 7 heteroatoms. The van der Waals surface area contributed by atoms with E-state index in [1.54, 1.807) is 12.3 Å². The molecule has 1 fully saturated rings. The van der Waals surface area contributed by atoms with E-state index in [1.165, 1.54) is 0 Å². The fourth-order valence-electron chi connectivity index (χ4n) is 3.46. The van der Waals surface area contributed by atoms with Gasteiger partial charge in [-0.1, -0.05) is 17.7 Å². The zero-order valence-electron chi connectivity index (χ0n) is 14.2. The van der Waals surface area contributed by atoms with Crippen molar-refractivity contribution in [1.29, 1.82) is 0 Å². The number of aromatic nitrogens is 1. The molecular formula is C19H19ClN4O2. The van der Waals surface area contributed by atoms with Crippen molar-refractivity contribution >= 4 is 34.9 Å². The molecule has 3 heterocycles. The molecule has 4 rings (SSSR count). The molecule has 26 heavy (non-hydrogen) atoms. The number of anilines is 2. The first kappa shape index (κ1) is 16.8. The molecule has 2 aromatic rings. The number of carbonyl (C=O) groups excluding carboxylic acids is 2. The zero-order chi connectivity index (χ0) is 18.1. The molecule has 6 nitrogen and oxygen atoms in total. The van der Waals surface area contributed by atoms with Gasteiger partial charge in [-0.25, -0.2) is 4.98 Å². The molecule has 0 radical (unpaired) electrons. The van der Waals surface area contributed by atoms with Gasteiger partial charge in [0.1, 0.15) is 5.82 Å². The lowest BCUT2D eigenvalue weighted by Gasteiger charge is -2.32. The van der Waals surface area contributed by atoms with Crippen molar-refractivity contribution in [2.24, 2.45) is 5.92 Å². The molecule has 0 aliphatic carbocycles. The summed E-state index contributed by atoms with van der Waals surface area (Å²) in [6.45, 7) is 2.11. The molecule has 0 saturated carbocycles. The Bertz CT molecular complexity index is 845. The van der Waals surface area contributed by atoms with E-state index in [2.05, 4.69) is 20.5 Å². The summed E-state index contributed by atoms with van der Waals surface area (Å²) in [7, 11) is 0. The Kier molecular flexibility index (Phi) is 4.51. The number of nitrogens with one attached hydrogen (secondary N) is 2. The first-order valence-electron chi connectivity index (χ1n) is 8.68. The van der Waals surface area contributed by atoms with Crippen molar-refractivity contribution in [2.45, 2.75) is 19.4 Å². The summed E-state index contributed by atoms with van der Waals surface area (Å²) >= 11 is 5.88. The number of hydrogen-bond acceptors (Lipinski definition) is 4. The topological polar surface area (TPSA) is 74.3 Å². The van der Waals surface area contributed by atoms with Gasteiger partial charge in [0.25, 0.3) is 5.91 Å². The maximum absolute atomic E-state index is 12.6. The van der Waals surface area contributed by atoms with Gasteiger partial charge >= 0.3 is 0 Å². The van der Waals surface area contributed by atoms with Crippen LogP contribution in [0.15, 0.2) is 36.5 Å². The summed E-state index contributed by atoms with van der Waals surface area (Å²) in [5.41, 5.74) is 2.29. The van der Waals surface area contributed by atoms with Crippen LogP contribution in [0.3, 0.4) is 0 Å². The molecule has 1 aromatic carbocycles. The average molecular weight is 371 g/mol. The first-order valence-corrected chi connectivity index (χ1v) is 9.06. The Hall–Kier alpha value is -2.60. The lowest BCUT2D eigenvalue weighted by atomic mass is 9.95. The van der Waals surface area contributed by atoms with Crippen LogP contribution in [0.5, 0.6) is 0 Å². The number of hydrogen-bond donors (Lipinski definition) is 2. The largest absolute Gasteiger partial charge is 0.357 e. The first-order chi connectivity index (χ1) is 12.6. The third-order valence-electron chi connectivity index (χ3n) is 4.96. The van der Waals surface area contributed by atoms with E-state index in [0.29, 0.717) is 22.8 Å². The second-order valence-corrected chi connectivity index (χ2v) is 7.08. The van der Waals surface area contributed by atoms with Crippen LogP contribution < -0.4 is 15.5 Å². The van der Waals surface area contributed by atoms with Crippen LogP contribution in [0.1, 0.15) is 28.8 Å². The van der Waals surface area contributed by atoms with Crippen molar-refractivity contribution in [1.82, 2.24) is 10.3 Å². The highest BCUT2D eigenvalue weighted by Crippen LogP contribution is 2.25. The predicted octanol–water partition coefficient (Wildman–Crippen LogP) is 2.83. The summed E-state index contributed by atoms with van der Waals surface area (Å²) in [4.78, 5) is 30.8. The van der Waals surface area contributed by atoms with E-state index in [9.17, 15) is 9.59 Å². The molecule has 2 aliphatic rings. The number of fused-ring (bicyclic) bond motifs is 1. The molecule has 0 atom stereocenters. The normalized spacial score (nSPS) is 17.0. The highest BCUT2D eigenvalue weighted by atomic mass is 35.5. The van der Waals surface area contributed by atoms with Gasteiger partial charge in [0.2, 0.25) is 5.91 Å². The van der Waals surface area contributed by atoms with E-state index in [-0.39, 0.29) is 17.7 Å². The number of pyridine rings is 1. The molecule has 2 amide bonds. The number of amides is 2. The van der Waals surface area contributed by atoms with E-state index < -0.39 is 0 Å². The molecule has 2 aliphatic heterocycles. The van der Waals surface area contributed by atoms with Crippen molar-refractivity contribution in [3.05, 3.63) is 52.7 Å². The lowest BCUT2D eigenvalue weighted by Crippen LogP contribution is -2.38. The Morgan fingerprint density at radius 2 is 2.04 bits per heavy atom. The van der Waals surface area contributed by atoms with Crippen LogP contribution in [0.25, 0.3) is 0 Å². The van der Waals surface area contributed by atoms with E-state index in [0.717, 1.165) is 37.3 Å². The van der Waals surface area contributed by atoms with Gasteiger partial charge in [-0.2, -0.15) is 0 Å². The Balaban J connectivity index is 1.36. The Labute approximate surface area is 156 Å². The zero-order valence-corrected chi connectivity index (χ0v) is 14.9. The van der Waals surface area contributed by atoms with Crippen LogP contribution in [0.4, 0.5) is 11.5 Å². The maximum Gasteiger partial charge on any atom is 0.251 e. The van der Waals surface area contributed by atoms with Gasteiger partial charge < -0.3 is 15.5 Å². The van der Waals surface area contributed by atoms with E-state index in [4.69, 9.17) is 11.6 Å². The lowest BCUT2D eigenvalue weighted by molar-refractivity contribution is -0.120. The van der Waals surface area contributed by atoms with Crippen LogP contribution in [-0.4, -0.2) is 29.9 Å². The summed E-state index contributed by atoms with van der Waals surface area (Å²) in [6, 6.07) is 9.22. The van der Waals surface area contributed by atoms with E-state index >= 15 is 0 Å². The minimum Gasteiger partial charge on any atom is -0.357 e. The van der Waals surface area contributed by atoms with Gasteiger partial charge in [-0.3, -0.25) is 9.59 Å². The average Bonchev–Trinajstić information content (AvgIpc) is 3.03. The van der Waals surface area contributed by atoms with Crippen molar-refractivity contribution in [3.8, 4) is 0 Å². The van der Waals surface area contributed by atoms with Gasteiger partial charge in [0.05, 0.1) is 5.02 Å². The minimum absolute atomic E-state index is 0.00655. The summed E-state index contributed by atoms with van der Waals surface area (Å²) < 4.78 is 0. The molecule has 134 valence electrons. The molecule has 2 N–H and O–H groups in total. The SMILES string of the molecule is O=C1NCc2ccc(NC(=O)C3CCN(c4ccc(Cl)cn4)CC3)cc21. The molecular weight excluding hydrogens is 352 g/mol. The monoisotopic (exact) mass is 370 g/mol. The number of piperidine rings is 1. The number of rotatable bonds is 3. The van der Waals surface area contributed by atoms with Crippen molar-refractivity contribution in [2.75, 3.05) is 23.3 Å². The third kappa shape index (κ3) is 3.37. The third-order valence-corrected chi connectivity index (χ3v) is 5.19. The Morgan fingerprint density at radius 3 is 2.77 bits per heavy atom. The molecule has 0 unspecified atom stereocenters. The van der Waals surface area contributed by atoms with E-state index in [1.807, 2.05) is 24.3 Å². The number of benzene rings is 1. The molecule has 1 aromatic heterocycles. The summed E-state index contributed by atoms with van der Waals surface area (Å²) in [5.74, 6) is 0.769. The van der Waals surface area contributed by atoms with Crippen LogP contribution >= 0.6 is 11.6 Å². The minimum atomic E-state index is -0.0835. The fraction of sp³-hybridized carbons (Fsp3) is 0.316. The van der Waals surface area contributed by atoms with Gasteiger partial charge in [0, 0.05) is 43.0 Å². The van der Waals surface area contributed by atoms with Crippen LogP contribution in [0, 0.1) is 5.92 Å². The predicted molar refractivity (Wildman–Crippen MR) is 100 cm³/mol. The standard InChI is InChI=1S/C19H19ClN4O2/c20-14-2-4-17(21-11-14)24-7-5-12(6-8-24)18(25)23-15-3-1-13-10-22-19(26)16(13)9-15/h1-4,9,11-12H,5-8,10H2,(H,22,26)(H,23,25). The summed E-state index contributed by atoms with van der Waals surface area (Å²) in [5, 5.41) is 6.35. The fourth-order valence-corrected chi connectivity index (χ4v) is 3.57. The van der Waals surface area contributed by atoms with Gasteiger partial charge in [-0.15, -0.1) is 0 Å². The quantitative estimate of drug-likeness (QED) is 0.871.